The largest absolute Gasteiger partial charge is 0.508 e. The van der Waals surface area contributed by atoms with Gasteiger partial charge in [-0.05, 0) is 99.8 Å². The minimum Gasteiger partial charge on any atom is -0.508 e. The van der Waals surface area contributed by atoms with Crippen molar-refractivity contribution in [1.29, 1.82) is 10.8 Å². The van der Waals surface area contributed by atoms with Crippen LogP contribution in [0.25, 0.3) is 0 Å². The number of Topliss-reactive ketones (excluding diaryl/α,β-unsaturated/α-hetero) is 2. The number of hydrogen-bond acceptors (Lipinski definition) is 18. The molecule has 25 nitrogen and oxygen atoms in total. The van der Waals surface area contributed by atoms with Gasteiger partial charge < -0.3 is 63.4 Å². The van der Waals surface area contributed by atoms with Gasteiger partial charge >= 0.3 is 0 Å². The van der Waals surface area contributed by atoms with Crippen molar-refractivity contribution in [2.24, 2.45) is 23.3 Å². The van der Waals surface area contributed by atoms with Crippen LogP contribution in [0.3, 0.4) is 0 Å². The number of likely N-dealkylation sites (tertiary alicyclic amines) is 1. The number of benzene rings is 1. The van der Waals surface area contributed by atoms with Gasteiger partial charge in [0.05, 0.1) is 42.9 Å². The molecule has 76 heavy (non-hydrogen) atoms. The lowest BCUT2D eigenvalue weighted by molar-refractivity contribution is -0.139. The summed E-state index contributed by atoms with van der Waals surface area (Å²) in [6, 6.07) is -1.90. The van der Waals surface area contributed by atoms with E-state index in [0.717, 1.165) is 0 Å². The molecule has 9 atom stereocenters. The van der Waals surface area contributed by atoms with Crippen molar-refractivity contribution >= 4 is 90.0 Å². The number of nitrogens with one attached hydrogen (secondary N) is 12. The highest BCUT2D eigenvalue weighted by atomic mass is 32.2. The maximum atomic E-state index is 14.2. The number of hydrazine groups is 1. The number of ketones is 2. The van der Waals surface area contributed by atoms with Crippen molar-refractivity contribution in [2.45, 2.75) is 147 Å². The van der Waals surface area contributed by atoms with E-state index in [9.17, 15) is 48.3 Å². The van der Waals surface area contributed by atoms with Crippen molar-refractivity contribution in [3.63, 3.8) is 0 Å². The second-order valence-electron chi connectivity index (χ2n) is 19.4. The first-order chi connectivity index (χ1) is 36.0. The first-order valence-electron chi connectivity index (χ1n) is 25.6. The third-order valence-electron chi connectivity index (χ3n) is 12.4. The van der Waals surface area contributed by atoms with E-state index in [1.54, 1.807) is 32.9 Å². The van der Waals surface area contributed by atoms with Crippen LogP contribution in [-0.4, -0.2) is 174 Å². The fraction of sp³-hybridized carbons (Fsp3) is 0.653. The van der Waals surface area contributed by atoms with Crippen molar-refractivity contribution in [3.05, 3.63) is 29.8 Å². The summed E-state index contributed by atoms with van der Waals surface area (Å²) in [7, 11) is 0. The molecule has 1 aliphatic rings. The molecule has 1 aliphatic heterocycles. The Bertz CT molecular complexity index is 2090. The lowest BCUT2D eigenvalue weighted by atomic mass is 10.0. The molecule has 0 aromatic heterocycles. The van der Waals surface area contributed by atoms with Crippen molar-refractivity contribution in [3.8, 4) is 5.75 Å². The fourth-order valence-corrected chi connectivity index (χ4v) is 8.93. The smallest absolute Gasteiger partial charge is 0.243 e. The number of hydrogen-bond donors (Lipinski definition) is 16. The molecule has 0 spiro atoms. The Morgan fingerprint density at radius 3 is 1.93 bits per heavy atom. The third kappa shape index (κ3) is 24.4. The van der Waals surface area contributed by atoms with E-state index < -0.39 is 102 Å². The Morgan fingerprint density at radius 1 is 0.763 bits per heavy atom. The second kappa shape index (κ2) is 35.5. The summed E-state index contributed by atoms with van der Waals surface area (Å²) in [5, 5.41) is 46.5. The molecule has 5 amide bonds. The van der Waals surface area contributed by atoms with Gasteiger partial charge in [-0.15, -0.1) is 0 Å². The zero-order valence-corrected chi connectivity index (χ0v) is 46.2. The molecule has 0 saturated carbocycles. The summed E-state index contributed by atoms with van der Waals surface area (Å²) in [6.07, 6.45) is 4.87. The predicted molar refractivity (Wildman–Crippen MR) is 294 cm³/mol. The monoisotopic (exact) mass is 1110 g/mol. The van der Waals surface area contributed by atoms with E-state index in [0.29, 0.717) is 56.2 Å². The maximum absolute atomic E-state index is 14.2. The molecular formula is C49H83N15O10S2. The van der Waals surface area contributed by atoms with Crippen LogP contribution in [0, 0.1) is 22.7 Å². The van der Waals surface area contributed by atoms with Crippen LogP contribution >= 0.6 is 24.4 Å². The number of carbonyl (C=O) groups is 9. The SMILES string of the molecule is CSCC[C@H](NN[C@@H](CC(C)C)C(=O)NCC(=O)N[C@H](C=O)CCCNC(=N)N)C(=O)C(=O)[C@H](CS)NC(C)N1CCC[C@H]1C(=O)N[C@@H](CCCNC(=N)N)C(=O)N[C@@H](Cc1ccc(O)cc1)C(=O)N[C@H](C=O)C(C)C. The quantitative estimate of drug-likeness (QED) is 0.00650. The summed E-state index contributed by atoms with van der Waals surface area (Å²) < 4.78 is 0. The number of thioether (sulfide) groups is 1. The van der Waals surface area contributed by atoms with Crippen LogP contribution in [0.4, 0.5) is 0 Å². The number of nitrogens with zero attached hydrogens (tertiary/aromatic N) is 1. The Kier molecular flexibility index (Phi) is 30.9. The van der Waals surface area contributed by atoms with Crippen LogP contribution in [0.1, 0.15) is 91.5 Å². The lowest BCUT2D eigenvalue weighted by Gasteiger charge is -2.34. The number of thiol groups is 1. The van der Waals surface area contributed by atoms with Gasteiger partial charge in [0.2, 0.25) is 41.1 Å². The van der Waals surface area contributed by atoms with Crippen LogP contribution in [-0.2, 0) is 49.6 Å². The molecule has 1 unspecified atom stereocenters. The molecular weight excluding hydrogens is 1020 g/mol. The highest BCUT2D eigenvalue weighted by molar-refractivity contribution is 7.98. The standard InChI is InChI=1S/C49H83N15O10S2/c1-28(2)22-37(44(71)56-24-41(68)58-32(25-65)10-7-18-54-48(50)51)63-62-34(17-21-76-6)42(69)43(70)39(27-75)57-30(5)64-20-9-12-40(64)47(74)59-35(11-8-19-55-49(52)53)45(72)60-36(23-31-13-15-33(67)16-14-31)46(73)61-38(26-66)29(3)4/h13-16,25-26,28-30,32,34-40,57,62-63,67,75H,7-12,17-24,27H2,1-6H3,(H,56,71)(H,58,68)(H,59,74)(H,60,72)(H,61,73)(H4,50,51,54)(H4,52,53,55)/t30?,32-,34-,35-,36-,37-,38+,39-,40-/m0/s1. The van der Waals surface area contributed by atoms with Gasteiger partial charge in [-0.3, -0.25) is 54.6 Å². The Hall–Kier alpha value is -5.87. The molecule has 0 bridgehead atoms. The summed E-state index contributed by atoms with van der Waals surface area (Å²) >= 11 is 5.87. The molecule has 0 radical (unpaired) electrons. The average molecular weight is 1110 g/mol. The normalized spacial score (nSPS) is 16.6. The molecule has 0 aliphatic carbocycles. The van der Waals surface area contributed by atoms with E-state index in [1.165, 1.54) is 23.9 Å². The van der Waals surface area contributed by atoms with Gasteiger partial charge in [-0.1, -0.05) is 39.8 Å². The molecule has 1 aromatic rings. The number of amides is 5. The van der Waals surface area contributed by atoms with E-state index in [2.05, 4.69) is 66.0 Å². The first-order valence-corrected chi connectivity index (χ1v) is 27.6. The molecule has 27 heteroatoms. The minimum absolute atomic E-state index is 0.000608. The molecule has 2 rings (SSSR count). The van der Waals surface area contributed by atoms with Gasteiger partial charge in [-0.25, -0.2) is 10.9 Å². The number of carbonyl (C=O) groups excluding carboxylic acids is 9. The van der Waals surface area contributed by atoms with Crippen molar-refractivity contribution in [2.75, 3.05) is 43.9 Å². The molecule has 17 N–H and O–H groups in total. The number of nitrogens with two attached hydrogens (primary N) is 2. The number of phenolic OH excluding ortho intramolecular Hbond substituents is 1. The van der Waals surface area contributed by atoms with Crippen LogP contribution < -0.4 is 64.9 Å². The summed E-state index contributed by atoms with van der Waals surface area (Å²) in [6.45, 7) is 9.53. The second-order valence-corrected chi connectivity index (χ2v) is 20.8. The van der Waals surface area contributed by atoms with Crippen LogP contribution in [0.5, 0.6) is 5.75 Å². The van der Waals surface area contributed by atoms with Gasteiger partial charge in [0.15, 0.2) is 11.9 Å². The first kappa shape index (κ1) is 66.2. The molecule has 1 fully saturated rings. The van der Waals surface area contributed by atoms with Crippen LogP contribution in [0.15, 0.2) is 24.3 Å². The summed E-state index contributed by atoms with van der Waals surface area (Å²) in [5.74, 6) is -4.96. The molecule has 1 aromatic carbocycles. The van der Waals surface area contributed by atoms with E-state index in [4.69, 9.17) is 22.3 Å². The fourth-order valence-electron chi connectivity index (χ4n) is 8.19. The zero-order chi connectivity index (χ0) is 56.9. The van der Waals surface area contributed by atoms with Gasteiger partial charge in [0.25, 0.3) is 0 Å². The summed E-state index contributed by atoms with van der Waals surface area (Å²) in [5.41, 5.74) is 17.2. The van der Waals surface area contributed by atoms with Gasteiger partial charge in [0, 0.05) is 31.8 Å². The molecule has 426 valence electrons. The zero-order valence-electron chi connectivity index (χ0n) is 44.5. The molecule has 1 heterocycles. The average Bonchev–Trinajstić information content (AvgIpc) is 3.88. The Morgan fingerprint density at radius 2 is 1.37 bits per heavy atom. The molecule has 1 saturated heterocycles. The van der Waals surface area contributed by atoms with E-state index in [-0.39, 0.29) is 80.3 Å². The summed E-state index contributed by atoms with van der Waals surface area (Å²) in [4.78, 5) is 121. The number of guanidine groups is 2. The highest BCUT2D eigenvalue weighted by Crippen LogP contribution is 2.21. The lowest BCUT2D eigenvalue weighted by Crippen LogP contribution is -2.61. The van der Waals surface area contributed by atoms with E-state index in [1.807, 2.05) is 25.0 Å². The van der Waals surface area contributed by atoms with E-state index >= 15 is 0 Å². The Balaban J connectivity index is 2.23. The van der Waals surface area contributed by atoms with Crippen molar-refractivity contribution < 1.29 is 48.3 Å². The number of aromatic hydroxyl groups is 1. The van der Waals surface area contributed by atoms with Gasteiger partial charge in [-0.2, -0.15) is 24.4 Å². The topological polar surface area (TPSA) is 397 Å². The van der Waals surface area contributed by atoms with Crippen molar-refractivity contribution in [1.82, 2.24) is 58.3 Å². The number of phenols is 1. The minimum atomic E-state index is -1.19. The third-order valence-corrected chi connectivity index (χ3v) is 13.4. The highest BCUT2D eigenvalue weighted by Gasteiger charge is 2.39. The Labute approximate surface area is 455 Å². The number of rotatable bonds is 38. The van der Waals surface area contributed by atoms with Gasteiger partial charge in [0.1, 0.15) is 36.4 Å². The maximum Gasteiger partial charge on any atom is 0.243 e. The van der Waals surface area contributed by atoms with Crippen LogP contribution in [0.2, 0.25) is 0 Å². The predicted octanol–water partition coefficient (Wildman–Crippen LogP) is -1.96. The number of aldehydes is 2.